The first-order valence-electron chi connectivity index (χ1n) is 4.00. The second kappa shape index (κ2) is 4.20. The molecule has 0 aliphatic carbocycles. The fraction of sp³-hybridized carbons (Fsp3) is 0.714. The van der Waals surface area contributed by atoms with Crippen molar-refractivity contribution in [3.05, 3.63) is 0 Å². The van der Waals surface area contributed by atoms with Gasteiger partial charge in [-0.25, -0.2) is 0 Å². The van der Waals surface area contributed by atoms with Crippen LogP contribution < -0.4 is 10.6 Å². The van der Waals surface area contributed by atoms with Gasteiger partial charge in [-0.15, -0.1) is 0 Å². The molecule has 6 heteroatoms. The maximum atomic E-state index is 11.1. The number of carbonyl (C=O) groups excluding carboxylic acids is 1. The Bertz CT molecular complexity index is 219. The van der Waals surface area contributed by atoms with Gasteiger partial charge in [0.2, 0.25) is 5.91 Å². The molecule has 6 nitrogen and oxygen atoms in total. The number of aliphatic carboxylic acids is 1. The largest absolute Gasteiger partial charge is 0.480 e. The molecule has 0 saturated carbocycles. The number of nitrogens with one attached hydrogen (secondary N) is 2. The van der Waals surface area contributed by atoms with Gasteiger partial charge in [0, 0.05) is 6.54 Å². The van der Waals surface area contributed by atoms with Crippen molar-refractivity contribution < 1.29 is 19.8 Å². The first-order chi connectivity index (χ1) is 6.09. The van der Waals surface area contributed by atoms with Gasteiger partial charge in [-0.05, 0) is 6.42 Å². The van der Waals surface area contributed by atoms with Crippen LogP contribution in [0.4, 0.5) is 0 Å². The normalized spacial score (nSPS) is 27.2. The van der Waals surface area contributed by atoms with Gasteiger partial charge in [0.1, 0.15) is 6.54 Å². The zero-order valence-corrected chi connectivity index (χ0v) is 6.99. The summed E-state index contributed by atoms with van der Waals surface area (Å²) < 4.78 is 0. The molecule has 4 N–H and O–H groups in total. The van der Waals surface area contributed by atoms with Gasteiger partial charge >= 0.3 is 5.97 Å². The predicted molar refractivity (Wildman–Crippen MR) is 43.1 cm³/mol. The van der Waals surface area contributed by atoms with E-state index in [0.717, 1.165) is 0 Å². The standard InChI is InChI=1S/C7H12N2O4/c10-4-1-5(8-2-4)7(13)9-3-6(11)12/h4-5,8,10H,1-3H2,(H,9,13)(H,11,12)/t4-,5-/m1/s1. The van der Waals surface area contributed by atoms with E-state index in [0.29, 0.717) is 13.0 Å². The Balaban J connectivity index is 2.27. The SMILES string of the molecule is O=C(O)CNC(=O)[C@H]1C[C@@H](O)CN1. The lowest BCUT2D eigenvalue weighted by Gasteiger charge is -2.08. The molecular weight excluding hydrogens is 176 g/mol. The van der Waals surface area contributed by atoms with Crippen molar-refractivity contribution >= 4 is 11.9 Å². The number of rotatable bonds is 3. The quantitative estimate of drug-likeness (QED) is 0.407. The smallest absolute Gasteiger partial charge is 0.322 e. The molecule has 1 amide bonds. The average Bonchev–Trinajstić information content (AvgIpc) is 2.47. The Hall–Kier alpha value is -1.14. The summed E-state index contributed by atoms with van der Waals surface area (Å²) in [6, 6.07) is -0.464. The Morgan fingerprint density at radius 2 is 2.23 bits per heavy atom. The Kier molecular flexibility index (Phi) is 3.21. The van der Waals surface area contributed by atoms with E-state index < -0.39 is 18.1 Å². The molecule has 0 bridgehead atoms. The summed E-state index contributed by atoms with van der Waals surface area (Å²) in [6.45, 7) is -0.00172. The van der Waals surface area contributed by atoms with Crippen molar-refractivity contribution in [2.24, 2.45) is 0 Å². The third-order valence-electron chi connectivity index (χ3n) is 1.84. The van der Waals surface area contributed by atoms with E-state index in [1.165, 1.54) is 0 Å². The van der Waals surface area contributed by atoms with Gasteiger partial charge in [0.15, 0.2) is 0 Å². The molecule has 0 unspecified atom stereocenters. The summed E-state index contributed by atoms with van der Waals surface area (Å²) in [5.74, 6) is -1.45. The van der Waals surface area contributed by atoms with Gasteiger partial charge in [-0.2, -0.15) is 0 Å². The van der Waals surface area contributed by atoms with Gasteiger partial charge in [0.25, 0.3) is 0 Å². The molecule has 1 heterocycles. The van der Waals surface area contributed by atoms with Crippen molar-refractivity contribution in [3.8, 4) is 0 Å². The lowest BCUT2D eigenvalue weighted by Crippen LogP contribution is -2.42. The van der Waals surface area contributed by atoms with Crippen molar-refractivity contribution in [3.63, 3.8) is 0 Å². The first kappa shape index (κ1) is 9.94. The highest BCUT2D eigenvalue weighted by atomic mass is 16.4. The maximum absolute atomic E-state index is 11.1. The van der Waals surface area contributed by atoms with Crippen LogP contribution in [0.15, 0.2) is 0 Å². The van der Waals surface area contributed by atoms with Gasteiger partial charge < -0.3 is 20.8 Å². The first-order valence-corrected chi connectivity index (χ1v) is 4.00. The minimum atomic E-state index is -1.08. The van der Waals surface area contributed by atoms with E-state index in [2.05, 4.69) is 10.6 Å². The van der Waals surface area contributed by atoms with Crippen LogP contribution in [0, 0.1) is 0 Å². The molecule has 0 aromatic rings. The highest BCUT2D eigenvalue weighted by Crippen LogP contribution is 2.05. The van der Waals surface area contributed by atoms with Crippen LogP contribution in [0.3, 0.4) is 0 Å². The number of carbonyl (C=O) groups is 2. The second-order valence-electron chi connectivity index (χ2n) is 2.96. The number of hydrogen-bond acceptors (Lipinski definition) is 4. The monoisotopic (exact) mass is 188 g/mol. The molecule has 0 aromatic heterocycles. The Morgan fingerprint density at radius 3 is 2.69 bits per heavy atom. The van der Waals surface area contributed by atoms with E-state index in [9.17, 15) is 9.59 Å². The number of aliphatic hydroxyl groups is 1. The molecule has 0 aromatic carbocycles. The van der Waals surface area contributed by atoms with Crippen LogP contribution in [0.1, 0.15) is 6.42 Å². The predicted octanol–water partition coefficient (Wildman–Crippen LogP) is -2.09. The molecule has 0 radical (unpaired) electrons. The highest BCUT2D eigenvalue weighted by molar-refractivity contribution is 5.85. The molecular formula is C7H12N2O4. The van der Waals surface area contributed by atoms with Crippen LogP contribution in [-0.2, 0) is 9.59 Å². The fourth-order valence-corrected chi connectivity index (χ4v) is 1.20. The molecule has 1 saturated heterocycles. The van der Waals surface area contributed by atoms with Crippen molar-refractivity contribution in [1.82, 2.24) is 10.6 Å². The van der Waals surface area contributed by atoms with Gasteiger partial charge in [-0.1, -0.05) is 0 Å². The molecule has 1 aliphatic heterocycles. The summed E-state index contributed by atoms with van der Waals surface area (Å²) in [5, 5.41) is 22.3. The fourth-order valence-electron chi connectivity index (χ4n) is 1.20. The topological polar surface area (TPSA) is 98.7 Å². The second-order valence-corrected chi connectivity index (χ2v) is 2.96. The number of hydrogen-bond donors (Lipinski definition) is 4. The van der Waals surface area contributed by atoms with E-state index in [-0.39, 0.29) is 12.5 Å². The minimum Gasteiger partial charge on any atom is -0.480 e. The zero-order chi connectivity index (χ0) is 9.84. The van der Waals surface area contributed by atoms with E-state index in [1.54, 1.807) is 0 Å². The summed E-state index contributed by atoms with van der Waals surface area (Å²) >= 11 is 0. The minimum absolute atomic E-state index is 0.339. The summed E-state index contributed by atoms with van der Waals surface area (Å²) in [6.07, 6.45) is -0.175. The van der Waals surface area contributed by atoms with Crippen LogP contribution in [0.25, 0.3) is 0 Å². The van der Waals surface area contributed by atoms with Crippen LogP contribution in [-0.4, -0.2) is 47.3 Å². The average molecular weight is 188 g/mol. The van der Waals surface area contributed by atoms with Crippen molar-refractivity contribution in [2.75, 3.05) is 13.1 Å². The summed E-state index contributed by atoms with van der Waals surface area (Å²) in [5.41, 5.74) is 0. The molecule has 1 rings (SSSR count). The number of carboxylic acids is 1. The molecule has 1 fully saturated rings. The zero-order valence-electron chi connectivity index (χ0n) is 6.99. The van der Waals surface area contributed by atoms with Gasteiger partial charge in [0.05, 0.1) is 12.1 Å². The molecule has 2 atom stereocenters. The summed E-state index contributed by atoms with van der Waals surface area (Å²) in [4.78, 5) is 21.2. The third kappa shape index (κ3) is 3.00. The van der Waals surface area contributed by atoms with E-state index in [1.807, 2.05) is 0 Å². The number of amides is 1. The van der Waals surface area contributed by atoms with Crippen molar-refractivity contribution in [1.29, 1.82) is 0 Å². The lowest BCUT2D eigenvalue weighted by atomic mass is 10.2. The van der Waals surface area contributed by atoms with Crippen molar-refractivity contribution in [2.45, 2.75) is 18.6 Å². The molecule has 1 aliphatic rings. The van der Waals surface area contributed by atoms with Crippen LogP contribution >= 0.6 is 0 Å². The summed E-state index contributed by atoms with van der Waals surface area (Å²) in [7, 11) is 0. The van der Waals surface area contributed by atoms with Crippen LogP contribution in [0.2, 0.25) is 0 Å². The van der Waals surface area contributed by atoms with Gasteiger partial charge in [-0.3, -0.25) is 9.59 Å². The molecule has 13 heavy (non-hydrogen) atoms. The lowest BCUT2D eigenvalue weighted by molar-refractivity contribution is -0.138. The Morgan fingerprint density at radius 1 is 1.54 bits per heavy atom. The third-order valence-corrected chi connectivity index (χ3v) is 1.84. The van der Waals surface area contributed by atoms with E-state index >= 15 is 0 Å². The van der Waals surface area contributed by atoms with E-state index in [4.69, 9.17) is 10.2 Å². The highest BCUT2D eigenvalue weighted by Gasteiger charge is 2.27. The molecule has 0 spiro atoms. The van der Waals surface area contributed by atoms with Crippen LogP contribution in [0.5, 0.6) is 0 Å². The molecule has 74 valence electrons. The number of aliphatic hydroxyl groups excluding tert-OH is 1. The Labute approximate surface area is 74.9 Å². The number of carboxylic acid groups (broad SMARTS) is 1. The number of β-amino-alcohol motifs (C(OH)–C–C–N with tert-alkyl or cyclic N) is 1. The maximum Gasteiger partial charge on any atom is 0.322 e.